The van der Waals surface area contributed by atoms with Crippen LogP contribution in [0.15, 0.2) is 12.4 Å². The van der Waals surface area contributed by atoms with Gasteiger partial charge >= 0.3 is 0 Å². The molecule has 0 bridgehead atoms. The fraction of sp³-hybridized carbons (Fsp3) is 0.545. The second-order valence-corrected chi connectivity index (χ2v) is 4.76. The minimum Gasteiger partial charge on any atom is -0.392 e. The molecule has 1 rings (SSSR count). The monoisotopic (exact) mass is 254 g/mol. The van der Waals surface area contributed by atoms with Crippen LogP contribution >= 0.6 is 12.2 Å². The van der Waals surface area contributed by atoms with Crippen molar-refractivity contribution >= 4 is 23.1 Å². The molecule has 1 unspecified atom stereocenters. The van der Waals surface area contributed by atoms with Gasteiger partial charge in [-0.2, -0.15) is 5.10 Å². The molecular formula is C11H18N4OS. The van der Waals surface area contributed by atoms with Crippen molar-refractivity contribution in [2.24, 2.45) is 11.1 Å². The van der Waals surface area contributed by atoms with Crippen molar-refractivity contribution in [1.82, 2.24) is 15.1 Å². The lowest BCUT2D eigenvalue weighted by Gasteiger charge is -2.30. The third-order valence-electron chi connectivity index (χ3n) is 3.04. The first-order chi connectivity index (χ1) is 7.91. The largest absolute Gasteiger partial charge is 0.392 e. The van der Waals surface area contributed by atoms with Crippen molar-refractivity contribution in [3.05, 3.63) is 18.0 Å². The number of nitrogens with zero attached hydrogens (tertiary/aromatic N) is 2. The second-order valence-electron chi connectivity index (χ2n) is 4.32. The molecule has 1 amide bonds. The van der Waals surface area contributed by atoms with Gasteiger partial charge in [0.1, 0.15) is 0 Å². The number of nitrogens with two attached hydrogens (primary N) is 1. The summed E-state index contributed by atoms with van der Waals surface area (Å²) in [5, 5.41) is 6.55. The maximum absolute atomic E-state index is 12.3. The number of aromatic nitrogens is 2. The van der Waals surface area contributed by atoms with Gasteiger partial charge in [0.05, 0.1) is 16.6 Å². The molecule has 17 heavy (non-hydrogen) atoms. The first kappa shape index (κ1) is 13.6. The van der Waals surface area contributed by atoms with Crippen molar-refractivity contribution in [3.8, 4) is 0 Å². The van der Waals surface area contributed by atoms with Gasteiger partial charge in [-0.05, 0) is 13.3 Å². The van der Waals surface area contributed by atoms with Gasteiger partial charge in [-0.1, -0.05) is 19.1 Å². The van der Waals surface area contributed by atoms with Crippen molar-refractivity contribution in [2.45, 2.75) is 26.8 Å². The highest BCUT2D eigenvalue weighted by Crippen LogP contribution is 2.24. The Labute approximate surface area is 106 Å². The van der Waals surface area contributed by atoms with Crippen LogP contribution in [0.2, 0.25) is 0 Å². The molecule has 6 heteroatoms. The Bertz CT molecular complexity index is 404. The summed E-state index contributed by atoms with van der Waals surface area (Å²) in [7, 11) is 1.74. The molecule has 0 saturated carbocycles. The van der Waals surface area contributed by atoms with Crippen molar-refractivity contribution in [3.63, 3.8) is 0 Å². The maximum atomic E-state index is 12.3. The zero-order chi connectivity index (χ0) is 13.1. The average Bonchev–Trinajstić information content (AvgIpc) is 2.79. The first-order valence-corrected chi connectivity index (χ1v) is 5.85. The SMILES string of the molecule is CCC(C)(C(=O)N(C)Cc1cn[nH]c1)C(N)=S. The molecule has 1 aromatic rings. The molecular weight excluding hydrogens is 236 g/mol. The maximum Gasteiger partial charge on any atom is 0.235 e. The summed E-state index contributed by atoms with van der Waals surface area (Å²) in [6.45, 7) is 4.18. The van der Waals surface area contributed by atoms with Crippen molar-refractivity contribution in [1.29, 1.82) is 0 Å². The van der Waals surface area contributed by atoms with Crippen molar-refractivity contribution < 1.29 is 4.79 Å². The topological polar surface area (TPSA) is 75.0 Å². The zero-order valence-corrected chi connectivity index (χ0v) is 11.2. The molecule has 3 N–H and O–H groups in total. The van der Waals surface area contributed by atoms with E-state index in [-0.39, 0.29) is 10.9 Å². The lowest BCUT2D eigenvalue weighted by molar-refractivity contribution is -0.136. The van der Waals surface area contributed by atoms with Crippen LogP contribution in [0.4, 0.5) is 0 Å². The standard InChI is InChI=1S/C11H18N4OS/c1-4-11(2,9(12)17)10(16)15(3)7-8-5-13-14-6-8/h5-6H,4,7H2,1-3H3,(H2,12,17)(H,13,14). The summed E-state index contributed by atoms with van der Waals surface area (Å²) >= 11 is 4.98. The molecule has 1 atom stereocenters. The van der Waals surface area contributed by atoms with Gasteiger partial charge in [0, 0.05) is 25.4 Å². The molecule has 0 aliphatic carbocycles. The zero-order valence-electron chi connectivity index (χ0n) is 10.4. The van der Waals surface area contributed by atoms with E-state index in [4.69, 9.17) is 18.0 Å². The number of hydrogen-bond acceptors (Lipinski definition) is 3. The Morgan fingerprint density at radius 3 is 2.76 bits per heavy atom. The van der Waals surface area contributed by atoms with E-state index in [0.29, 0.717) is 13.0 Å². The van der Waals surface area contributed by atoms with E-state index in [1.807, 2.05) is 6.92 Å². The average molecular weight is 254 g/mol. The second kappa shape index (κ2) is 5.27. The molecule has 94 valence electrons. The summed E-state index contributed by atoms with van der Waals surface area (Å²) in [5.74, 6) is -0.0614. The fourth-order valence-corrected chi connectivity index (χ4v) is 1.79. The van der Waals surface area contributed by atoms with E-state index in [1.54, 1.807) is 31.3 Å². The summed E-state index contributed by atoms with van der Waals surface area (Å²) in [4.78, 5) is 14.1. The minimum absolute atomic E-state index is 0.0614. The van der Waals surface area contributed by atoms with E-state index in [0.717, 1.165) is 5.56 Å². The third-order valence-corrected chi connectivity index (χ3v) is 3.49. The lowest BCUT2D eigenvalue weighted by Crippen LogP contribution is -2.46. The number of carbonyl (C=O) groups excluding carboxylic acids is 1. The van der Waals surface area contributed by atoms with Crippen LogP contribution in [0.5, 0.6) is 0 Å². The van der Waals surface area contributed by atoms with Crippen LogP contribution < -0.4 is 5.73 Å². The fourth-order valence-electron chi connectivity index (χ4n) is 1.56. The highest BCUT2D eigenvalue weighted by Gasteiger charge is 2.36. The van der Waals surface area contributed by atoms with Crippen LogP contribution in [0.3, 0.4) is 0 Å². The Morgan fingerprint density at radius 1 is 1.71 bits per heavy atom. The first-order valence-electron chi connectivity index (χ1n) is 5.45. The number of amides is 1. The smallest absolute Gasteiger partial charge is 0.235 e. The van der Waals surface area contributed by atoms with E-state index in [9.17, 15) is 4.79 Å². The van der Waals surface area contributed by atoms with Gasteiger partial charge in [0.2, 0.25) is 5.91 Å². The summed E-state index contributed by atoms with van der Waals surface area (Å²) < 4.78 is 0. The number of thiocarbonyl (C=S) groups is 1. The molecule has 0 aromatic carbocycles. The van der Waals surface area contributed by atoms with Gasteiger partial charge in [-0.15, -0.1) is 0 Å². The number of H-pyrrole nitrogens is 1. The molecule has 0 aliphatic rings. The highest BCUT2D eigenvalue weighted by atomic mass is 32.1. The highest BCUT2D eigenvalue weighted by molar-refractivity contribution is 7.80. The predicted octanol–water partition coefficient (Wildman–Crippen LogP) is 1.07. The Balaban J connectivity index is 2.78. The van der Waals surface area contributed by atoms with Gasteiger partial charge in [0.15, 0.2) is 0 Å². The van der Waals surface area contributed by atoms with Crippen molar-refractivity contribution in [2.75, 3.05) is 7.05 Å². The van der Waals surface area contributed by atoms with Crippen LogP contribution in [-0.2, 0) is 11.3 Å². The van der Waals surface area contributed by atoms with E-state index in [2.05, 4.69) is 10.2 Å². The molecule has 0 saturated heterocycles. The summed E-state index contributed by atoms with van der Waals surface area (Å²) in [6.07, 6.45) is 4.04. The van der Waals surface area contributed by atoms with Crippen LogP contribution in [0.1, 0.15) is 25.8 Å². The van der Waals surface area contributed by atoms with Crippen LogP contribution in [-0.4, -0.2) is 33.0 Å². The molecule has 1 aromatic heterocycles. The Morgan fingerprint density at radius 2 is 2.35 bits per heavy atom. The summed E-state index contributed by atoms with van der Waals surface area (Å²) in [6, 6.07) is 0. The van der Waals surface area contributed by atoms with Gasteiger partial charge in [-0.3, -0.25) is 9.89 Å². The quantitative estimate of drug-likeness (QED) is 0.771. The molecule has 0 spiro atoms. The lowest BCUT2D eigenvalue weighted by atomic mass is 9.86. The number of carbonyl (C=O) groups is 1. The molecule has 5 nitrogen and oxygen atoms in total. The van der Waals surface area contributed by atoms with E-state index < -0.39 is 5.41 Å². The van der Waals surface area contributed by atoms with E-state index >= 15 is 0 Å². The normalized spacial score (nSPS) is 14.1. The predicted molar refractivity (Wildman–Crippen MR) is 70.2 cm³/mol. The molecule has 0 radical (unpaired) electrons. The van der Waals surface area contributed by atoms with Gasteiger partial charge in [-0.25, -0.2) is 0 Å². The number of hydrogen-bond donors (Lipinski definition) is 2. The Hall–Kier alpha value is -1.43. The van der Waals surface area contributed by atoms with Crippen LogP contribution in [0, 0.1) is 5.41 Å². The number of rotatable bonds is 5. The third kappa shape index (κ3) is 2.82. The minimum atomic E-state index is -0.770. The van der Waals surface area contributed by atoms with Gasteiger partial charge < -0.3 is 10.6 Å². The van der Waals surface area contributed by atoms with E-state index in [1.165, 1.54) is 0 Å². The summed E-state index contributed by atoms with van der Waals surface area (Å²) in [5.41, 5.74) is 5.84. The molecule has 1 heterocycles. The number of aromatic amines is 1. The van der Waals surface area contributed by atoms with Gasteiger partial charge in [0.25, 0.3) is 0 Å². The van der Waals surface area contributed by atoms with Crippen LogP contribution in [0.25, 0.3) is 0 Å². The Kier molecular flexibility index (Phi) is 4.22. The number of nitrogens with one attached hydrogen (secondary N) is 1. The molecule has 0 fully saturated rings. The molecule has 0 aliphatic heterocycles.